The number of urea groups is 1. The van der Waals surface area contributed by atoms with Gasteiger partial charge in [0.05, 0.1) is 13.0 Å². The average Bonchev–Trinajstić information content (AvgIpc) is 2.57. The van der Waals surface area contributed by atoms with Gasteiger partial charge in [0.1, 0.15) is 11.6 Å². The molecule has 0 aliphatic carbocycles. The Hall–Kier alpha value is -3.09. The van der Waals surface area contributed by atoms with E-state index in [4.69, 9.17) is 4.74 Å². The van der Waals surface area contributed by atoms with Crippen molar-refractivity contribution in [3.05, 3.63) is 54.3 Å². The second-order valence-electron chi connectivity index (χ2n) is 4.89. The minimum atomic E-state index is -0.342. The fourth-order valence-corrected chi connectivity index (χ4v) is 1.88. The number of carbonyl (C=O) groups excluding carboxylic acids is 2. The number of benzene rings is 2. The number of hydrogen-bond acceptors (Lipinski definition) is 3. The first-order chi connectivity index (χ1) is 11.6. The van der Waals surface area contributed by atoms with Crippen LogP contribution in [0.5, 0.6) is 5.75 Å². The molecule has 2 aromatic carbocycles. The second kappa shape index (κ2) is 8.52. The Morgan fingerprint density at radius 3 is 2.38 bits per heavy atom. The van der Waals surface area contributed by atoms with Crippen molar-refractivity contribution in [2.45, 2.75) is 6.42 Å². The lowest BCUT2D eigenvalue weighted by atomic mass is 10.2. The monoisotopic (exact) mass is 331 g/mol. The summed E-state index contributed by atoms with van der Waals surface area (Å²) in [7, 11) is 1.52. The number of nitrogens with one attached hydrogen (secondary N) is 3. The van der Waals surface area contributed by atoms with E-state index in [0.29, 0.717) is 17.1 Å². The highest BCUT2D eigenvalue weighted by molar-refractivity contribution is 5.93. The third kappa shape index (κ3) is 5.60. The fourth-order valence-electron chi connectivity index (χ4n) is 1.88. The number of hydrogen-bond donors (Lipinski definition) is 3. The van der Waals surface area contributed by atoms with Gasteiger partial charge in [-0.25, -0.2) is 9.18 Å². The van der Waals surface area contributed by atoms with Gasteiger partial charge in [-0.05, 0) is 42.5 Å². The highest BCUT2D eigenvalue weighted by Crippen LogP contribution is 2.15. The Labute approximate surface area is 139 Å². The smallest absolute Gasteiger partial charge is 0.318 e. The molecule has 2 rings (SSSR count). The number of rotatable bonds is 6. The summed E-state index contributed by atoms with van der Waals surface area (Å²) in [5, 5.41) is 7.78. The molecular formula is C17H18FN3O3. The van der Waals surface area contributed by atoms with E-state index in [1.54, 1.807) is 24.3 Å². The van der Waals surface area contributed by atoms with Gasteiger partial charge in [-0.3, -0.25) is 4.79 Å². The van der Waals surface area contributed by atoms with Crippen molar-refractivity contribution in [1.82, 2.24) is 5.32 Å². The van der Waals surface area contributed by atoms with E-state index in [0.717, 1.165) is 0 Å². The molecule has 0 aliphatic rings. The van der Waals surface area contributed by atoms with E-state index in [-0.39, 0.29) is 30.8 Å². The molecule has 0 aliphatic heterocycles. The molecule has 3 N–H and O–H groups in total. The first-order valence-corrected chi connectivity index (χ1v) is 7.34. The van der Waals surface area contributed by atoms with Gasteiger partial charge in [-0.1, -0.05) is 6.07 Å². The van der Waals surface area contributed by atoms with Crippen LogP contribution in [0, 0.1) is 5.82 Å². The lowest BCUT2D eigenvalue weighted by Gasteiger charge is -2.09. The van der Waals surface area contributed by atoms with Crippen molar-refractivity contribution in [1.29, 1.82) is 0 Å². The van der Waals surface area contributed by atoms with Crippen molar-refractivity contribution in [2.24, 2.45) is 0 Å². The van der Waals surface area contributed by atoms with Crippen LogP contribution in [-0.2, 0) is 4.79 Å². The highest BCUT2D eigenvalue weighted by atomic mass is 19.1. The molecule has 0 unspecified atom stereocenters. The van der Waals surface area contributed by atoms with E-state index in [9.17, 15) is 14.0 Å². The standard InChI is InChI=1S/C17H18FN3O3/c1-19-17(23)21-14-4-2-3-13(11-14)20-16(22)9-10-24-15-7-5-12(18)6-8-15/h2-8,11H,9-10H2,1H3,(H,20,22)(H2,19,21,23). The topological polar surface area (TPSA) is 79.5 Å². The van der Waals surface area contributed by atoms with Crippen molar-refractivity contribution in [3.63, 3.8) is 0 Å². The lowest BCUT2D eigenvalue weighted by molar-refractivity contribution is -0.116. The normalized spacial score (nSPS) is 9.92. The van der Waals surface area contributed by atoms with Gasteiger partial charge in [-0.2, -0.15) is 0 Å². The quantitative estimate of drug-likeness (QED) is 0.761. The van der Waals surface area contributed by atoms with Crippen molar-refractivity contribution in [3.8, 4) is 5.75 Å². The molecule has 0 fully saturated rings. The number of carbonyl (C=O) groups is 2. The zero-order chi connectivity index (χ0) is 17.4. The molecule has 7 heteroatoms. The molecule has 0 radical (unpaired) electrons. The lowest BCUT2D eigenvalue weighted by Crippen LogP contribution is -2.24. The number of halogens is 1. The van der Waals surface area contributed by atoms with Gasteiger partial charge in [0, 0.05) is 18.4 Å². The predicted molar refractivity (Wildman–Crippen MR) is 89.7 cm³/mol. The molecule has 0 saturated heterocycles. The fraction of sp³-hybridized carbons (Fsp3) is 0.176. The van der Waals surface area contributed by atoms with Crippen molar-refractivity contribution >= 4 is 23.3 Å². The van der Waals surface area contributed by atoms with Crippen LogP contribution < -0.4 is 20.7 Å². The van der Waals surface area contributed by atoms with E-state index in [1.165, 1.54) is 31.3 Å². The van der Waals surface area contributed by atoms with Gasteiger partial charge >= 0.3 is 6.03 Å². The number of ether oxygens (including phenoxy) is 1. The number of anilines is 2. The third-order valence-electron chi connectivity index (χ3n) is 3.04. The number of amides is 3. The Balaban J connectivity index is 1.80. The van der Waals surface area contributed by atoms with Crippen LogP contribution in [0.15, 0.2) is 48.5 Å². The molecule has 0 aromatic heterocycles. The van der Waals surface area contributed by atoms with E-state index >= 15 is 0 Å². The summed E-state index contributed by atoms with van der Waals surface area (Å²) in [6, 6.07) is 12.0. The molecule has 2 aromatic rings. The zero-order valence-electron chi connectivity index (χ0n) is 13.1. The Morgan fingerprint density at radius 2 is 1.71 bits per heavy atom. The van der Waals surface area contributed by atoms with E-state index in [2.05, 4.69) is 16.0 Å². The Bertz CT molecular complexity index is 704. The van der Waals surface area contributed by atoms with Crippen LogP contribution in [0.2, 0.25) is 0 Å². The molecule has 0 spiro atoms. The van der Waals surface area contributed by atoms with Crippen LogP contribution in [-0.4, -0.2) is 25.6 Å². The minimum absolute atomic E-state index is 0.143. The Kier molecular flexibility index (Phi) is 6.13. The molecule has 24 heavy (non-hydrogen) atoms. The third-order valence-corrected chi connectivity index (χ3v) is 3.04. The molecular weight excluding hydrogens is 313 g/mol. The van der Waals surface area contributed by atoms with Crippen LogP contribution in [0.4, 0.5) is 20.6 Å². The van der Waals surface area contributed by atoms with Gasteiger partial charge in [0.2, 0.25) is 5.91 Å². The summed E-state index contributed by atoms with van der Waals surface area (Å²) in [4.78, 5) is 23.2. The summed E-state index contributed by atoms with van der Waals surface area (Å²) < 4.78 is 18.1. The maximum Gasteiger partial charge on any atom is 0.318 e. The average molecular weight is 331 g/mol. The first-order valence-electron chi connectivity index (χ1n) is 7.34. The maximum atomic E-state index is 12.8. The predicted octanol–water partition coefficient (Wildman–Crippen LogP) is 2.98. The zero-order valence-corrected chi connectivity index (χ0v) is 13.1. The van der Waals surface area contributed by atoms with Crippen LogP contribution in [0.3, 0.4) is 0 Å². The highest BCUT2D eigenvalue weighted by Gasteiger charge is 2.05. The molecule has 0 heterocycles. The van der Waals surface area contributed by atoms with Gasteiger partial charge in [-0.15, -0.1) is 0 Å². The maximum absolute atomic E-state index is 12.8. The summed E-state index contributed by atoms with van der Waals surface area (Å²) >= 11 is 0. The molecule has 126 valence electrons. The van der Waals surface area contributed by atoms with E-state index in [1.807, 2.05) is 0 Å². The van der Waals surface area contributed by atoms with Crippen LogP contribution >= 0.6 is 0 Å². The summed E-state index contributed by atoms with van der Waals surface area (Å²) in [6.45, 7) is 0.174. The van der Waals surface area contributed by atoms with Crippen LogP contribution in [0.1, 0.15) is 6.42 Å². The minimum Gasteiger partial charge on any atom is -0.493 e. The molecule has 3 amide bonds. The summed E-state index contributed by atoms with van der Waals surface area (Å²) in [6.07, 6.45) is 0.143. The van der Waals surface area contributed by atoms with E-state index < -0.39 is 0 Å². The second-order valence-corrected chi connectivity index (χ2v) is 4.89. The van der Waals surface area contributed by atoms with Gasteiger partial charge in [0.15, 0.2) is 0 Å². The molecule has 0 saturated carbocycles. The first kappa shape index (κ1) is 17.3. The summed E-state index contributed by atoms with van der Waals surface area (Å²) in [5.74, 6) is -0.0690. The molecule has 0 bridgehead atoms. The van der Waals surface area contributed by atoms with Crippen molar-refractivity contribution in [2.75, 3.05) is 24.3 Å². The molecule has 6 nitrogen and oxygen atoms in total. The molecule has 0 atom stereocenters. The van der Waals surface area contributed by atoms with Crippen molar-refractivity contribution < 1.29 is 18.7 Å². The Morgan fingerprint density at radius 1 is 1.04 bits per heavy atom. The van der Waals surface area contributed by atoms with Gasteiger partial charge < -0.3 is 20.7 Å². The van der Waals surface area contributed by atoms with Crippen LogP contribution in [0.25, 0.3) is 0 Å². The summed E-state index contributed by atoms with van der Waals surface area (Å²) in [5.41, 5.74) is 1.13. The van der Waals surface area contributed by atoms with Gasteiger partial charge in [0.25, 0.3) is 0 Å². The SMILES string of the molecule is CNC(=O)Nc1cccc(NC(=O)CCOc2ccc(F)cc2)c1. The largest absolute Gasteiger partial charge is 0.493 e.